The number of halogens is 1. The molecule has 2 aromatic carbocycles. The summed E-state index contributed by atoms with van der Waals surface area (Å²) >= 11 is 0. The van der Waals surface area contributed by atoms with Crippen LogP contribution in [0.15, 0.2) is 52.9 Å². The van der Waals surface area contributed by atoms with E-state index in [0.717, 1.165) is 43.4 Å². The molecule has 1 saturated carbocycles. The van der Waals surface area contributed by atoms with Gasteiger partial charge in [-0.1, -0.05) is 24.3 Å². The SMILES string of the molecule is CCNC(=O)NC[C@@H]1C[C@H]1c1cccc2oc(CCCCc3ccc(F)cc3)cc12. The summed E-state index contributed by atoms with van der Waals surface area (Å²) in [4.78, 5) is 11.6. The van der Waals surface area contributed by atoms with Crippen LogP contribution >= 0.6 is 0 Å². The van der Waals surface area contributed by atoms with Crippen LogP contribution in [0.5, 0.6) is 0 Å². The molecule has 2 N–H and O–H groups in total. The average Bonchev–Trinajstić information content (AvgIpc) is 3.39. The van der Waals surface area contributed by atoms with Crippen molar-refractivity contribution in [3.8, 4) is 0 Å². The third-order valence-corrected chi connectivity index (χ3v) is 5.88. The van der Waals surface area contributed by atoms with Gasteiger partial charge >= 0.3 is 6.03 Å². The fourth-order valence-electron chi connectivity index (χ4n) is 4.16. The average molecular weight is 409 g/mol. The molecule has 0 radical (unpaired) electrons. The maximum atomic E-state index is 13.0. The molecule has 5 heteroatoms. The predicted molar refractivity (Wildman–Crippen MR) is 117 cm³/mol. The van der Waals surface area contributed by atoms with Crippen molar-refractivity contribution in [1.29, 1.82) is 0 Å². The van der Waals surface area contributed by atoms with E-state index in [9.17, 15) is 9.18 Å². The number of rotatable bonds is 9. The second-order valence-electron chi connectivity index (χ2n) is 8.15. The molecule has 0 unspecified atom stereocenters. The molecular weight excluding hydrogens is 379 g/mol. The summed E-state index contributed by atoms with van der Waals surface area (Å²) in [7, 11) is 0. The van der Waals surface area contributed by atoms with E-state index in [1.165, 1.54) is 28.6 Å². The highest BCUT2D eigenvalue weighted by Crippen LogP contribution is 2.49. The molecule has 4 nitrogen and oxygen atoms in total. The molecule has 30 heavy (non-hydrogen) atoms. The van der Waals surface area contributed by atoms with Crippen molar-refractivity contribution in [1.82, 2.24) is 10.6 Å². The van der Waals surface area contributed by atoms with Gasteiger partial charge in [-0.2, -0.15) is 0 Å². The molecule has 3 aromatic rings. The Morgan fingerprint density at radius 2 is 1.90 bits per heavy atom. The maximum Gasteiger partial charge on any atom is 0.314 e. The van der Waals surface area contributed by atoms with Crippen LogP contribution in [0.25, 0.3) is 11.0 Å². The largest absolute Gasteiger partial charge is 0.461 e. The van der Waals surface area contributed by atoms with Gasteiger partial charge in [-0.25, -0.2) is 9.18 Å². The number of urea groups is 1. The lowest BCUT2D eigenvalue weighted by Gasteiger charge is -2.05. The Bertz CT molecular complexity index is 996. The molecule has 1 aliphatic carbocycles. The number of carbonyl (C=O) groups is 1. The van der Waals surface area contributed by atoms with Gasteiger partial charge in [0.1, 0.15) is 17.2 Å². The van der Waals surface area contributed by atoms with Crippen molar-refractivity contribution in [3.05, 3.63) is 71.2 Å². The third-order valence-electron chi connectivity index (χ3n) is 5.88. The first-order chi connectivity index (χ1) is 14.6. The number of nitrogens with one attached hydrogen (secondary N) is 2. The van der Waals surface area contributed by atoms with E-state index in [2.05, 4.69) is 28.8 Å². The van der Waals surface area contributed by atoms with Crippen molar-refractivity contribution in [2.45, 2.75) is 44.9 Å². The molecule has 1 aliphatic rings. The zero-order chi connectivity index (χ0) is 20.9. The highest BCUT2D eigenvalue weighted by molar-refractivity contribution is 5.83. The minimum atomic E-state index is -0.185. The summed E-state index contributed by atoms with van der Waals surface area (Å²) < 4.78 is 19.1. The normalized spacial score (nSPS) is 17.8. The lowest BCUT2D eigenvalue weighted by atomic mass is 10.0. The summed E-state index contributed by atoms with van der Waals surface area (Å²) in [5.74, 6) is 1.82. The van der Waals surface area contributed by atoms with Gasteiger partial charge in [-0.15, -0.1) is 0 Å². The Kier molecular flexibility index (Phi) is 6.36. The summed E-state index contributed by atoms with van der Waals surface area (Å²) in [6.07, 6.45) is 5.04. The first kappa shape index (κ1) is 20.5. The summed E-state index contributed by atoms with van der Waals surface area (Å²) in [5.41, 5.74) is 3.45. The van der Waals surface area contributed by atoms with Crippen molar-refractivity contribution in [3.63, 3.8) is 0 Å². The van der Waals surface area contributed by atoms with Gasteiger partial charge in [0.2, 0.25) is 0 Å². The highest BCUT2D eigenvalue weighted by atomic mass is 19.1. The molecule has 0 aliphatic heterocycles. The lowest BCUT2D eigenvalue weighted by Crippen LogP contribution is -2.36. The smallest absolute Gasteiger partial charge is 0.314 e. The summed E-state index contributed by atoms with van der Waals surface area (Å²) in [6, 6.07) is 15.1. The second-order valence-corrected chi connectivity index (χ2v) is 8.15. The van der Waals surface area contributed by atoms with Gasteiger partial charge < -0.3 is 15.1 Å². The van der Waals surface area contributed by atoms with Crippen molar-refractivity contribution in [2.24, 2.45) is 5.92 Å². The van der Waals surface area contributed by atoms with Crippen LogP contribution in [-0.4, -0.2) is 19.1 Å². The van der Waals surface area contributed by atoms with Crippen molar-refractivity contribution >= 4 is 17.0 Å². The Morgan fingerprint density at radius 3 is 2.70 bits per heavy atom. The minimum absolute atomic E-state index is 0.0902. The van der Waals surface area contributed by atoms with Gasteiger partial charge in [0, 0.05) is 24.9 Å². The fourth-order valence-corrected chi connectivity index (χ4v) is 4.16. The van der Waals surface area contributed by atoms with Crippen molar-refractivity contribution in [2.75, 3.05) is 13.1 Å². The predicted octanol–water partition coefficient (Wildman–Crippen LogP) is 5.56. The van der Waals surface area contributed by atoms with Crippen LogP contribution < -0.4 is 10.6 Å². The van der Waals surface area contributed by atoms with E-state index in [0.29, 0.717) is 24.9 Å². The summed E-state index contributed by atoms with van der Waals surface area (Å²) in [6.45, 7) is 3.27. The second kappa shape index (κ2) is 9.33. The van der Waals surface area contributed by atoms with Gasteiger partial charge in [-0.3, -0.25) is 0 Å². The van der Waals surface area contributed by atoms with Gasteiger partial charge in [0.05, 0.1) is 0 Å². The highest BCUT2D eigenvalue weighted by Gasteiger charge is 2.39. The van der Waals surface area contributed by atoms with E-state index in [4.69, 9.17) is 4.42 Å². The molecule has 2 atom stereocenters. The molecular formula is C25H29FN2O2. The van der Waals surface area contributed by atoms with Crippen LogP contribution in [0, 0.1) is 11.7 Å². The molecule has 0 spiro atoms. The Hall–Kier alpha value is -2.82. The molecule has 1 heterocycles. The van der Waals surface area contributed by atoms with Crippen LogP contribution in [0.4, 0.5) is 9.18 Å². The zero-order valence-corrected chi connectivity index (χ0v) is 17.4. The van der Waals surface area contributed by atoms with Crippen LogP contribution in [-0.2, 0) is 12.8 Å². The number of benzene rings is 2. The van der Waals surface area contributed by atoms with E-state index >= 15 is 0 Å². The molecule has 0 bridgehead atoms. The van der Waals surface area contributed by atoms with E-state index in [-0.39, 0.29) is 11.8 Å². The third kappa shape index (κ3) is 5.02. The molecule has 1 aromatic heterocycles. The standard InChI is InChI=1S/C25H29FN2O2/c1-2-27-25(29)28-16-18-14-22(18)21-8-5-9-24-23(21)15-20(30-24)7-4-3-6-17-10-12-19(26)13-11-17/h5,8-13,15,18,22H,2-4,6-7,14,16H2,1H3,(H2,27,28,29)/t18-,22+/m0/s1. The van der Waals surface area contributed by atoms with E-state index < -0.39 is 0 Å². The molecule has 4 rings (SSSR count). The Morgan fingerprint density at radius 1 is 1.10 bits per heavy atom. The van der Waals surface area contributed by atoms with E-state index in [1.807, 2.05) is 25.1 Å². The quantitative estimate of drug-likeness (QED) is 0.456. The number of carbonyl (C=O) groups excluding carboxylic acids is 1. The number of amides is 2. The molecule has 158 valence electrons. The van der Waals surface area contributed by atoms with Crippen LogP contribution in [0.2, 0.25) is 0 Å². The molecule has 2 amide bonds. The van der Waals surface area contributed by atoms with Crippen LogP contribution in [0.3, 0.4) is 0 Å². The van der Waals surface area contributed by atoms with Gasteiger partial charge in [0.25, 0.3) is 0 Å². The Labute approximate surface area is 176 Å². The topological polar surface area (TPSA) is 54.3 Å². The van der Waals surface area contributed by atoms with Gasteiger partial charge in [-0.05, 0) is 79.8 Å². The maximum absolute atomic E-state index is 13.0. The summed E-state index contributed by atoms with van der Waals surface area (Å²) in [5, 5.41) is 6.93. The number of furan rings is 1. The van der Waals surface area contributed by atoms with E-state index in [1.54, 1.807) is 0 Å². The number of fused-ring (bicyclic) bond motifs is 1. The molecule has 0 saturated heterocycles. The number of hydrogen-bond donors (Lipinski definition) is 2. The lowest BCUT2D eigenvalue weighted by molar-refractivity contribution is 0.241. The zero-order valence-electron chi connectivity index (χ0n) is 17.4. The number of aryl methyl sites for hydroxylation is 2. The van der Waals surface area contributed by atoms with Gasteiger partial charge in [0.15, 0.2) is 0 Å². The Balaban J connectivity index is 1.31. The number of unbranched alkanes of at least 4 members (excludes halogenated alkanes) is 1. The first-order valence-electron chi connectivity index (χ1n) is 10.9. The van der Waals surface area contributed by atoms with Crippen LogP contribution in [0.1, 0.15) is 49.0 Å². The monoisotopic (exact) mass is 408 g/mol. The fraction of sp³-hybridized carbons (Fsp3) is 0.400. The van der Waals surface area contributed by atoms with Crippen molar-refractivity contribution < 1.29 is 13.6 Å². The first-order valence-corrected chi connectivity index (χ1v) is 10.9. The number of hydrogen-bond acceptors (Lipinski definition) is 2. The minimum Gasteiger partial charge on any atom is -0.461 e. The molecule has 1 fully saturated rings.